The van der Waals surface area contributed by atoms with Crippen LogP contribution in [0.3, 0.4) is 0 Å². The van der Waals surface area contributed by atoms with Gasteiger partial charge in [0.25, 0.3) is 0 Å². The molecule has 0 saturated heterocycles. The number of benzene rings is 1. The largest absolute Gasteiger partial charge is 0.467 e. The first-order valence-corrected chi connectivity index (χ1v) is 6.42. The number of thiocarbonyl (C=S) groups is 1. The van der Waals surface area contributed by atoms with Crippen LogP contribution in [0.2, 0.25) is 0 Å². The van der Waals surface area contributed by atoms with Gasteiger partial charge in [0.1, 0.15) is 11.6 Å². The molecule has 0 atom stereocenters. The van der Waals surface area contributed by atoms with Crippen LogP contribution >= 0.6 is 12.2 Å². The molecule has 0 aliphatic carbocycles. The Labute approximate surface area is 121 Å². The van der Waals surface area contributed by atoms with Crippen LogP contribution in [0.15, 0.2) is 52.2 Å². The number of furan rings is 1. The molecule has 0 amide bonds. The fraction of sp³-hybridized carbons (Fsp3) is 0.143. The Morgan fingerprint density at radius 3 is 2.70 bits per heavy atom. The zero-order chi connectivity index (χ0) is 14.4. The summed E-state index contributed by atoms with van der Waals surface area (Å²) in [4.78, 5) is 0. The van der Waals surface area contributed by atoms with E-state index < -0.39 is 0 Å². The van der Waals surface area contributed by atoms with Crippen molar-refractivity contribution in [3.05, 3.63) is 59.8 Å². The van der Waals surface area contributed by atoms with Crippen LogP contribution in [0.1, 0.15) is 18.2 Å². The van der Waals surface area contributed by atoms with E-state index >= 15 is 0 Å². The van der Waals surface area contributed by atoms with Crippen LogP contribution in [0, 0.1) is 5.82 Å². The number of hydrogen-bond donors (Lipinski definition) is 2. The molecule has 1 aromatic carbocycles. The molecule has 20 heavy (non-hydrogen) atoms. The van der Waals surface area contributed by atoms with Gasteiger partial charge in [0.05, 0.1) is 18.5 Å². The summed E-state index contributed by atoms with van der Waals surface area (Å²) in [6.07, 6.45) is 1.60. The highest BCUT2D eigenvalue weighted by atomic mass is 32.1. The van der Waals surface area contributed by atoms with E-state index in [-0.39, 0.29) is 5.82 Å². The molecule has 0 bridgehead atoms. The van der Waals surface area contributed by atoms with Crippen LogP contribution in [0.25, 0.3) is 0 Å². The third kappa shape index (κ3) is 4.17. The Kier molecular flexibility index (Phi) is 4.84. The standard InChI is InChI=1S/C14H14FN3OS/c1-10(11-4-6-12(15)7-5-11)17-18-14(20)16-9-13-3-2-8-19-13/h2-8H,9H2,1H3,(H2,16,18,20)/b17-10+. The summed E-state index contributed by atoms with van der Waals surface area (Å²) in [5.41, 5.74) is 4.27. The molecule has 0 fully saturated rings. The molecule has 6 heteroatoms. The minimum Gasteiger partial charge on any atom is -0.467 e. The van der Waals surface area contributed by atoms with Crippen molar-refractivity contribution in [3.63, 3.8) is 0 Å². The molecule has 0 unspecified atom stereocenters. The molecule has 0 radical (unpaired) electrons. The maximum atomic E-state index is 12.8. The summed E-state index contributed by atoms with van der Waals surface area (Å²) >= 11 is 5.09. The number of rotatable bonds is 4. The second-order valence-electron chi connectivity index (χ2n) is 4.08. The predicted molar refractivity (Wildman–Crippen MR) is 79.9 cm³/mol. The van der Waals surface area contributed by atoms with Gasteiger partial charge >= 0.3 is 0 Å². The van der Waals surface area contributed by atoms with Gasteiger partial charge in [0.2, 0.25) is 0 Å². The van der Waals surface area contributed by atoms with E-state index in [4.69, 9.17) is 16.6 Å². The molecule has 2 rings (SSSR count). The van der Waals surface area contributed by atoms with Gasteiger partial charge in [-0.05, 0) is 49.0 Å². The highest BCUT2D eigenvalue weighted by Crippen LogP contribution is 2.03. The monoisotopic (exact) mass is 291 g/mol. The van der Waals surface area contributed by atoms with Gasteiger partial charge in [-0.2, -0.15) is 5.10 Å². The summed E-state index contributed by atoms with van der Waals surface area (Å²) in [5.74, 6) is 0.513. The van der Waals surface area contributed by atoms with Crippen LogP contribution < -0.4 is 10.7 Å². The smallest absolute Gasteiger partial charge is 0.187 e. The van der Waals surface area contributed by atoms with Gasteiger partial charge in [0, 0.05) is 0 Å². The van der Waals surface area contributed by atoms with Crippen LogP contribution in [-0.4, -0.2) is 10.8 Å². The molecule has 1 aromatic heterocycles. The predicted octanol–water partition coefficient (Wildman–Crippen LogP) is 2.81. The summed E-state index contributed by atoms with van der Waals surface area (Å²) < 4.78 is 18.0. The number of nitrogens with one attached hydrogen (secondary N) is 2. The SMILES string of the molecule is C/C(=N\NC(=S)NCc1ccco1)c1ccc(F)cc1. The molecule has 0 aliphatic rings. The van der Waals surface area contributed by atoms with E-state index in [9.17, 15) is 4.39 Å². The van der Waals surface area contributed by atoms with Crippen LogP contribution in [0.5, 0.6) is 0 Å². The fourth-order valence-corrected chi connectivity index (χ4v) is 1.63. The average Bonchev–Trinajstić information content (AvgIpc) is 2.96. The molecule has 0 aliphatic heterocycles. The molecular weight excluding hydrogens is 277 g/mol. The van der Waals surface area contributed by atoms with Crippen molar-refractivity contribution < 1.29 is 8.81 Å². The zero-order valence-corrected chi connectivity index (χ0v) is 11.7. The van der Waals surface area contributed by atoms with Crippen molar-refractivity contribution in [2.24, 2.45) is 5.10 Å². The Morgan fingerprint density at radius 2 is 2.05 bits per heavy atom. The van der Waals surface area contributed by atoms with Gasteiger partial charge in [-0.25, -0.2) is 4.39 Å². The first-order chi connectivity index (χ1) is 9.65. The molecule has 0 saturated carbocycles. The van der Waals surface area contributed by atoms with Crippen molar-refractivity contribution in [2.45, 2.75) is 13.5 Å². The van der Waals surface area contributed by atoms with Crippen molar-refractivity contribution in [1.29, 1.82) is 0 Å². The summed E-state index contributed by atoms with van der Waals surface area (Å²) in [7, 11) is 0. The van der Waals surface area contributed by atoms with E-state index in [0.717, 1.165) is 11.3 Å². The highest BCUT2D eigenvalue weighted by Gasteiger charge is 2.00. The third-order valence-electron chi connectivity index (χ3n) is 2.59. The van der Waals surface area contributed by atoms with Gasteiger partial charge in [-0.15, -0.1) is 0 Å². The normalized spacial score (nSPS) is 11.2. The van der Waals surface area contributed by atoms with Crippen molar-refractivity contribution in [3.8, 4) is 0 Å². The highest BCUT2D eigenvalue weighted by molar-refractivity contribution is 7.80. The molecule has 1 heterocycles. The molecular formula is C14H14FN3OS. The Morgan fingerprint density at radius 1 is 1.30 bits per heavy atom. The average molecular weight is 291 g/mol. The molecule has 4 nitrogen and oxygen atoms in total. The summed E-state index contributed by atoms with van der Waals surface area (Å²) in [5, 5.41) is 7.49. The second-order valence-corrected chi connectivity index (χ2v) is 4.49. The van der Waals surface area contributed by atoms with E-state index in [2.05, 4.69) is 15.8 Å². The third-order valence-corrected chi connectivity index (χ3v) is 2.83. The van der Waals surface area contributed by atoms with Crippen LogP contribution in [-0.2, 0) is 6.54 Å². The van der Waals surface area contributed by atoms with E-state index in [1.165, 1.54) is 12.1 Å². The summed E-state index contributed by atoms with van der Waals surface area (Å²) in [6, 6.07) is 9.76. The fourth-order valence-electron chi connectivity index (χ4n) is 1.51. The van der Waals surface area contributed by atoms with Crippen molar-refractivity contribution in [2.75, 3.05) is 0 Å². The minimum atomic E-state index is -0.273. The van der Waals surface area contributed by atoms with Crippen LogP contribution in [0.4, 0.5) is 4.39 Å². The van der Waals surface area contributed by atoms with E-state index in [1.807, 2.05) is 19.1 Å². The molecule has 2 N–H and O–H groups in total. The molecule has 0 spiro atoms. The minimum absolute atomic E-state index is 0.273. The molecule has 104 valence electrons. The van der Waals surface area contributed by atoms with Gasteiger partial charge in [0.15, 0.2) is 5.11 Å². The van der Waals surface area contributed by atoms with Crippen molar-refractivity contribution >= 4 is 23.0 Å². The van der Waals surface area contributed by atoms with E-state index in [0.29, 0.717) is 17.4 Å². The number of hydrazone groups is 1. The maximum absolute atomic E-state index is 12.8. The Bertz CT molecular complexity index is 593. The quantitative estimate of drug-likeness (QED) is 0.517. The topological polar surface area (TPSA) is 49.6 Å². The van der Waals surface area contributed by atoms with Gasteiger partial charge in [-0.1, -0.05) is 12.1 Å². The number of hydrogen-bond acceptors (Lipinski definition) is 3. The van der Waals surface area contributed by atoms with Gasteiger partial charge in [-0.3, -0.25) is 5.43 Å². The Balaban J connectivity index is 1.85. The van der Waals surface area contributed by atoms with Gasteiger partial charge < -0.3 is 9.73 Å². The van der Waals surface area contributed by atoms with E-state index in [1.54, 1.807) is 18.4 Å². The van der Waals surface area contributed by atoms with Crippen molar-refractivity contribution in [1.82, 2.24) is 10.7 Å². The maximum Gasteiger partial charge on any atom is 0.187 e. The summed E-state index contributed by atoms with van der Waals surface area (Å²) in [6.45, 7) is 2.30. The second kappa shape index (κ2) is 6.81. The lowest BCUT2D eigenvalue weighted by Gasteiger charge is -2.06. The molecule has 2 aromatic rings. The first kappa shape index (κ1) is 14.2. The zero-order valence-electron chi connectivity index (χ0n) is 10.9. The Hall–Kier alpha value is -2.21. The first-order valence-electron chi connectivity index (χ1n) is 6.01. The number of nitrogens with zero attached hydrogens (tertiary/aromatic N) is 1. The lowest BCUT2D eigenvalue weighted by molar-refractivity contribution is 0.502. The lowest BCUT2D eigenvalue weighted by Crippen LogP contribution is -2.32. The number of halogens is 1. The lowest BCUT2D eigenvalue weighted by atomic mass is 10.1.